The monoisotopic (exact) mass is 548 g/mol. The number of carbonyl (C=O) groups is 3. The topological polar surface area (TPSA) is 127 Å². The Morgan fingerprint density at radius 3 is 2.20 bits per heavy atom. The van der Waals surface area contributed by atoms with Crippen molar-refractivity contribution in [3.63, 3.8) is 0 Å². The zero-order valence-electron chi connectivity index (χ0n) is 24.5. The van der Waals surface area contributed by atoms with Crippen LogP contribution in [-0.4, -0.2) is 54.3 Å². The van der Waals surface area contributed by atoms with E-state index in [2.05, 4.69) is 20.7 Å². The van der Waals surface area contributed by atoms with E-state index in [1.807, 2.05) is 58.0 Å². The van der Waals surface area contributed by atoms with Crippen molar-refractivity contribution < 1.29 is 14.4 Å². The molecule has 2 N–H and O–H groups in total. The van der Waals surface area contributed by atoms with Gasteiger partial charge in [0.05, 0.1) is 6.04 Å². The molecule has 0 fully saturated rings. The number of benzene rings is 2. The van der Waals surface area contributed by atoms with Gasteiger partial charge in [-0.15, -0.1) is 0 Å². The maximum absolute atomic E-state index is 13.5. The Kier molecular flexibility index (Phi) is 13.7. The lowest BCUT2D eigenvalue weighted by Gasteiger charge is -2.27. The van der Waals surface area contributed by atoms with Crippen molar-refractivity contribution in [2.45, 2.75) is 72.4 Å². The van der Waals surface area contributed by atoms with E-state index in [4.69, 9.17) is 0 Å². The molecule has 0 bridgehead atoms. The number of carbonyl (C=O) groups excluding carboxylic acids is 3. The molecule has 2 aromatic carbocycles. The molecule has 0 heterocycles. The molecule has 0 saturated heterocycles. The molecule has 9 nitrogen and oxygen atoms in total. The molecule has 0 aliphatic carbocycles. The molecular weight excluding hydrogens is 504 g/mol. The van der Waals surface area contributed by atoms with E-state index in [0.717, 1.165) is 18.4 Å². The lowest BCUT2D eigenvalue weighted by atomic mass is 9.91. The van der Waals surface area contributed by atoms with Crippen LogP contribution in [0.2, 0.25) is 0 Å². The van der Waals surface area contributed by atoms with Gasteiger partial charge >= 0.3 is 0 Å². The number of rotatable bonds is 16. The van der Waals surface area contributed by atoms with Crippen LogP contribution in [0.1, 0.15) is 80.2 Å². The van der Waals surface area contributed by atoms with Gasteiger partial charge in [-0.25, -0.2) is 0 Å². The molecule has 0 aliphatic heterocycles. The van der Waals surface area contributed by atoms with Crippen molar-refractivity contribution in [1.82, 2.24) is 15.5 Å². The number of nitrogens with one attached hydrogen (secondary N) is 2. The van der Waals surface area contributed by atoms with Crippen LogP contribution in [-0.2, 0) is 11.2 Å². The second-order valence-electron chi connectivity index (χ2n) is 10.7. The van der Waals surface area contributed by atoms with Crippen LogP contribution < -0.4 is 10.6 Å². The minimum Gasteiger partial charge on any atom is -0.356 e. The van der Waals surface area contributed by atoms with E-state index in [1.165, 1.54) is 0 Å². The third-order valence-corrected chi connectivity index (χ3v) is 6.65. The van der Waals surface area contributed by atoms with Gasteiger partial charge in [0.2, 0.25) is 5.91 Å². The van der Waals surface area contributed by atoms with Crippen molar-refractivity contribution >= 4 is 17.7 Å². The van der Waals surface area contributed by atoms with E-state index >= 15 is 0 Å². The number of hydrogen-bond donors (Lipinski definition) is 2. The molecular formula is C31H44N6O3. The fraction of sp³-hybridized carbons (Fsp3) is 0.516. The summed E-state index contributed by atoms with van der Waals surface area (Å²) >= 11 is 0. The number of amides is 3. The first kappa shape index (κ1) is 32.4. The van der Waals surface area contributed by atoms with Crippen molar-refractivity contribution in [1.29, 1.82) is 0 Å². The quantitative estimate of drug-likeness (QED) is 0.157. The Bertz CT molecular complexity index is 1140. The van der Waals surface area contributed by atoms with Crippen molar-refractivity contribution in [2.24, 2.45) is 17.0 Å². The summed E-state index contributed by atoms with van der Waals surface area (Å²) in [6.07, 6.45) is 2.38. The third kappa shape index (κ3) is 10.4. The first-order valence-electron chi connectivity index (χ1n) is 14.3. The number of nitrogens with zero attached hydrogens (tertiary/aromatic N) is 4. The molecule has 0 saturated carbocycles. The summed E-state index contributed by atoms with van der Waals surface area (Å²) in [6, 6.07) is 15.1. The predicted octanol–water partition coefficient (Wildman–Crippen LogP) is 5.77. The van der Waals surface area contributed by atoms with Gasteiger partial charge in [0.15, 0.2) is 0 Å². The number of hydrogen-bond acceptors (Lipinski definition) is 4. The summed E-state index contributed by atoms with van der Waals surface area (Å²) in [5.74, 6) is -0.705. The first-order valence-corrected chi connectivity index (χ1v) is 14.3. The van der Waals surface area contributed by atoms with E-state index in [0.29, 0.717) is 43.1 Å². The summed E-state index contributed by atoms with van der Waals surface area (Å²) in [5.41, 5.74) is 11.1. The van der Waals surface area contributed by atoms with Crippen LogP contribution in [0.25, 0.3) is 10.4 Å². The van der Waals surface area contributed by atoms with Crippen LogP contribution in [0.5, 0.6) is 0 Å². The van der Waals surface area contributed by atoms with Crippen LogP contribution in [0, 0.1) is 11.8 Å². The third-order valence-electron chi connectivity index (χ3n) is 6.65. The molecule has 0 unspecified atom stereocenters. The molecule has 0 aromatic heterocycles. The van der Waals surface area contributed by atoms with E-state index in [9.17, 15) is 19.9 Å². The Labute approximate surface area is 238 Å². The van der Waals surface area contributed by atoms with Crippen molar-refractivity contribution in [2.75, 3.05) is 19.6 Å². The maximum atomic E-state index is 13.5. The van der Waals surface area contributed by atoms with Crippen LogP contribution in [0.15, 0.2) is 59.7 Å². The highest BCUT2D eigenvalue weighted by Crippen LogP contribution is 2.19. The van der Waals surface area contributed by atoms with Gasteiger partial charge in [-0.2, -0.15) is 0 Å². The van der Waals surface area contributed by atoms with E-state index in [1.54, 1.807) is 36.1 Å². The average molecular weight is 549 g/mol. The molecule has 2 rings (SSSR count). The highest BCUT2D eigenvalue weighted by atomic mass is 16.2. The van der Waals surface area contributed by atoms with E-state index in [-0.39, 0.29) is 24.1 Å². The van der Waals surface area contributed by atoms with Gasteiger partial charge in [-0.1, -0.05) is 76.1 Å². The summed E-state index contributed by atoms with van der Waals surface area (Å²) in [4.78, 5) is 44.2. The Hall–Kier alpha value is -3.84. The normalized spacial score (nSPS) is 13.1. The lowest BCUT2D eigenvalue weighted by Crippen LogP contribution is -2.45. The largest absolute Gasteiger partial charge is 0.356 e. The zero-order chi connectivity index (χ0) is 29.5. The molecule has 3 amide bonds. The molecule has 0 spiro atoms. The zero-order valence-corrected chi connectivity index (χ0v) is 24.5. The summed E-state index contributed by atoms with van der Waals surface area (Å²) in [7, 11) is 0. The smallest absolute Gasteiger partial charge is 0.253 e. The highest BCUT2D eigenvalue weighted by molar-refractivity contribution is 5.99. The summed E-state index contributed by atoms with van der Waals surface area (Å²) in [5, 5.41) is 10.00. The second-order valence-corrected chi connectivity index (χ2v) is 10.7. The van der Waals surface area contributed by atoms with Crippen molar-refractivity contribution in [3.8, 4) is 0 Å². The van der Waals surface area contributed by atoms with E-state index < -0.39 is 18.0 Å². The second kappa shape index (κ2) is 17.0. The van der Waals surface area contributed by atoms with Gasteiger partial charge in [0, 0.05) is 47.6 Å². The molecule has 0 radical (unpaired) electrons. The van der Waals surface area contributed by atoms with Gasteiger partial charge in [-0.05, 0) is 60.9 Å². The Balaban J connectivity index is 2.31. The highest BCUT2D eigenvalue weighted by Gasteiger charge is 2.28. The van der Waals surface area contributed by atoms with Gasteiger partial charge in [0.1, 0.15) is 0 Å². The van der Waals surface area contributed by atoms with Gasteiger partial charge in [-0.3, -0.25) is 14.4 Å². The van der Waals surface area contributed by atoms with Crippen LogP contribution in [0.3, 0.4) is 0 Å². The first-order chi connectivity index (χ1) is 19.2. The fourth-order valence-electron chi connectivity index (χ4n) is 4.54. The average Bonchev–Trinajstić information content (AvgIpc) is 2.95. The summed E-state index contributed by atoms with van der Waals surface area (Å²) < 4.78 is 0. The maximum Gasteiger partial charge on any atom is 0.253 e. The fourth-order valence-corrected chi connectivity index (χ4v) is 4.54. The van der Waals surface area contributed by atoms with Crippen molar-refractivity contribution in [3.05, 3.63) is 81.7 Å². The van der Waals surface area contributed by atoms with Gasteiger partial charge < -0.3 is 15.5 Å². The van der Waals surface area contributed by atoms with Gasteiger partial charge in [0.25, 0.3) is 11.8 Å². The van der Waals surface area contributed by atoms with Crippen LogP contribution >= 0.6 is 0 Å². The standard InChI is InChI=1S/C31H44N6O3/c1-6-16-37(17-7-2)31(40)26-15-11-14-25(20-26)30(39)34-27(19-24-12-9-8-10-13-24)28(35-36-32)18-23(5)29(38)33-21-22(3)4/h8-15,20,22-23,27-28H,6-7,16-19,21H2,1-5H3,(H,33,38)(H,34,39)/t23-,27+,28+/m1/s1. The predicted molar refractivity (Wildman–Crippen MR) is 159 cm³/mol. The molecule has 2 aromatic rings. The Morgan fingerprint density at radius 1 is 0.950 bits per heavy atom. The van der Waals surface area contributed by atoms with Crippen LogP contribution in [0.4, 0.5) is 0 Å². The minimum atomic E-state index is -0.664. The molecule has 9 heteroatoms. The summed E-state index contributed by atoms with van der Waals surface area (Å²) in [6.45, 7) is 11.8. The molecule has 0 aliphatic rings. The Morgan fingerprint density at radius 2 is 1.60 bits per heavy atom. The number of azide groups is 1. The molecule has 216 valence electrons. The molecule has 40 heavy (non-hydrogen) atoms. The molecule has 3 atom stereocenters. The lowest BCUT2D eigenvalue weighted by molar-refractivity contribution is -0.125. The minimum absolute atomic E-state index is 0.104. The SMILES string of the molecule is CCCN(CCC)C(=O)c1cccc(C(=O)N[C@@H](Cc2ccccc2)[C@H](C[C@@H](C)C(=O)NCC(C)C)N=[N+]=[N-])c1.